The molecule has 1 atom stereocenters. The molecule has 0 aliphatic heterocycles. The van der Waals surface area contributed by atoms with Crippen LogP contribution >= 0.6 is 0 Å². The normalized spacial score (nSPS) is 15.0. The molecule has 0 spiro atoms. The van der Waals surface area contributed by atoms with Gasteiger partial charge in [0.1, 0.15) is 0 Å². The summed E-state index contributed by atoms with van der Waals surface area (Å²) in [6.45, 7) is 3.11. The summed E-state index contributed by atoms with van der Waals surface area (Å²) in [5.41, 5.74) is 0. The van der Waals surface area contributed by atoms with Gasteiger partial charge in [-0.15, -0.1) is 0 Å². The van der Waals surface area contributed by atoms with E-state index in [9.17, 15) is 0 Å². The molecule has 1 unspecified atom stereocenters. The van der Waals surface area contributed by atoms with Gasteiger partial charge in [-0.25, -0.2) is 0 Å². The number of hydrogen-bond donors (Lipinski definition) is 3. The highest BCUT2D eigenvalue weighted by atomic mass is 16.5. The van der Waals surface area contributed by atoms with Crippen molar-refractivity contribution in [1.29, 1.82) is 0 Å². The highest BCUT2D eigenvalue weighted by Crippen LogP contribution is 1.90. The second-order valence-electron chi connectivity index (χ2n) is 1.37. The Morgan fingerprint density at radius 3 is 1.71 bits per heavy atom. The van der Waals surface area contributed by atoms with E-state index < -0.39 is 12.4 Å². The van der Waals surface area contributed by atoms with Crippen LogP contribution < -0.4 is 0 Å². The van der Waals surface area contributed by atoms with Crippen molar-refractivity contribution in [3.8, 4) is 0 Å². The molecule has 0 bridgehead atoms. The van der Waals surface area contributed by atoms with Gasteiger partial charge >= 0.3 is 0 Å². The van der Waals surface area contributed by atoms with Crippen molar-refractivity contribution >= 4 is 0 Å². The fourth-order valence-electron chi connectivity index (χ4n) is 0.243. The molecule has 7 heavy (non-hydrogen) atoms. The fourth-order valence-corrected chi connectivity index (χ4v) is 0.243. The molecule has 1 radical (unpaired) electrons. The third-order valence-corrected chi connectivity index (χ3v) is 0.483. The monoisotopic (exact) mass is 105 g/mol. The van der Waals surface area contributed by atoms with Crippen molar-refractivity contribution in [2.75, 3.05) is 0 Å². The predicted octanol–water partition coefficient (Wildman–Crippen LogP) is -1.12. The van der Waals surface area contributed by atoms with E-state index in [1.807, 2.05) is 0 Å². The molecular weight excluding hydrogens is 96.0 g/mol. The summed E-state index contributed by atoms with van der Waals surface area (Å²) in [6.07, 6.45) is -2.40. The van der Waals surface area contributed by atoms with Crippen LogP contribution in [0, 0.1) is 6.92 Å². The van der Waals surface area contributed by atoms with E-state index in [2.05, 4.69) is 6.92 Å². The standard InChI is InChI=1S/C4H9O3/c1-3(5)2-4(6)7/h3-7H,1-2H2. The Morgan fingerprint density at radius 2 is 1.71 bits per heavy atom. The van der Waals surface area contributed by atoms with Gasteiger partial charge < -0.3 is 15.3 Å². The molecule has 0 aliphatic rings. The lowest BCUT2D eigenvalue weighted by Gasteiger charge is -2.03. The van der Waals surface area contributed by atoms with Crippen LogP contribution in [0.2, 0.25) is 0 Å². The first kappa shape index (κ1) is 6.88. The van der Waals surface area contributed by atoms with Crippen LogP contribution in [-0.4, -0.2) is 27.7 Å². The predicted molar refractivity (Wildman–Crippen MR) is 24.2 cm³/mol. The first-order valence-electron chi connectivity index (χ1n) is 2.00. The smallest absolute Gasteiger partial charge is 0.153 e. The van der Waals surface area contributed by atoms with E-state index in [0.29, 0.717) is 0 Å². The number of aliphatic hydroxyl groups excluding tert-OH is 2. The zero-order valence-corrected chi connectivity index (χ0v) is 3.91. The van der Waals surface area contributed by atoms with Crippen molar-refractivity contribution in [1.82, 2.24) is 0 Å². The quantitative estimate of drug-likeness (QED) is 0.390. The summed E-state index contributed by atoms with van der Waals surface area (Å²) in [5.74, 6) is 0. The number of rotatable bonds is 2. The molecule has 3 N–H and O–H groups in total. The van der Waals surface area contributed by atoms with E-state index in [1.54, 1.807) is 0 Å². The van der Waals surface area contributed by atoms with Crippen molar-refractivity contribution in [3.05, 3.63) is 6.92 Å². The number of hydrogen-bond acceptors (Lipinski definition) is 3. The Bertz CT molecular complexity index is 36.2. The maximum atomic E-state index is 8.29. The summed E-state index contributed by atoms with van der Waals surface area (Å²) in [7, 11) is 0. The minimum Gasteiger partial charge on any atom is -0.393 e. The van der Waals surface area contributed by atoms with Crippen LogP contribution in [-0.2, 0) is 0 Å². The van der Waals surface area contributed by atoms with Gasteiger partial charge in [0.15, 0.2) is 6.29 Å². The van der Waals surface area contributed by atoms with E-state index in [0.717, 1.165) is 0 Å². The Kier molecular flexibility index (Phi) is 2.91. The largest absolute Gasteiger partial charge is 0.393 e. The maximum absolute atomic E-state index is 8.29. The molecule has 0 heterocycles. The highest BCUT2D eigenvalue weighted by Gasteiger charge is 2.00. The van der Waals surface area contributed by atoms with Gasteiger partial charge in [0.05, 0.1) is 6.10 Å². The number of aliphatic hydroxyl groups is 3. The van der Waals surface area contributed by atoms with E-state index in [4.69, 9.17) is 15.3 Å². The molecule has 0 saturated heterocycles. The van der Waals surface area contributed by atoms with Gasteiger partial charge in [-0.3, -0.25) is 0 Å². The van der Waals surface area contributed by atoms with Gasteiger partial charge in [-0.2, -0.15) is 0 Å². The van der Waals surface area contributed by atoms with E-state index in [1.165, 1.54) is 0 Å². The van der Waals surface area contributed by atoms with Gasteiger partial charge in [0.2, 0.25) is 0 Å². The minimum atomic E-state index is -1.44. The lowest BCUT2D eigenvalue weighted by molar-refractivity contribution is -0.0632. The van der Waals surface area contributed by atoms with Gasteiger partial charge in [-0.1, -0.05) is 0 Å². The van der Waals surface area contributed by atoms with Gasteiger partial charge in [0, 0.05) is 6.42 Å². The molecule has 0 amide bonds. The first-order valence-corrected chi connectivity index (χ1v) is 2.00. The Labute approximate surface area is 42.2 Å². The van der Waals surface area contributed by atoms with Gasteiger partial charge in [0.25, 0.3) is 0 Å². The van der Waals surface area contributed by atoms with Crippen molar-refractivity contribution in [2.45, 2.75) is 18.8 Å². The summed E-state index contributed by atoms with van der Waals surface area (Å²) >= 11 is 0. The van der Waals surface area contributed by atoms with Crippen LogP contribution in [0.3, 0.4) is 0 Å². The zero-order chi connectivity index (χ0) is 5.86. The van der Waals surface area contributed by atoms with Gasteiger partial charge in [-0.05, 0) is 6.92 Å². The topological polar surface area (TPSA) is 60.7 Å². The zero-order valence-electron chi connectivity index (χ0n) is 3.91. The maximum Gasteiger partial charge on any atom is 0.153 e. The first-order chi connectivity index (χ1) is 3.13. The molecule has 3 nitrogen and oxygen atoms in total. The van der Waals surface area contributed by atoms with Crippen LogP contribution in [0.1, 0.15) is 6.42 Å². The average molecular weight is 105 g/mol. The molecule has 0 aliphatic carbocycles. The van der Waals surface area contributed by atoms with Crippen molar-refractivity contribution in [3.63, 3.8) is 0 Å². The summed E-state index contributed by atoms with van der Waals surface area (Å²) in [4.78, 5) is 0. The molecule has 43 valence electrons. The molecule has 0 aromatic rings. The average Bonchev–Trinajstić information content (AvgIpc) is 1.27. The second-order valence-corrected chi connectivity index (χ2v) is 1.37. The summed E-state index contributed by atoms with van der Waals surface area (Å²) in [6, 6.07) is 0. The van der Waals surface area contributed by atoms with Crippen molar-refractivity contribution < 1.29 is 15.3 Å². The molecule has 0 saturated carbocycles. The Morgan fingerprint density at radius 1 is 1.29 bits per heavy atom. The SMILES string of the molecule is [CH2]C(O)CC(O)O. The molecule has 0 rings (SSSR count). The van der Waals surface area contributed by atoms with E-state index in [-0.39, 0.29) is 6.42 Å². The Balaban J connectivity index is 2.95. The third-order valence-electron chi connectivity index (χ3n) is 0.483. The lowest BCUT2D eigenvalue weighted by Crippen LogP contribution is -2.13. The van der Waals surface area contributed by atoms with Crippen LogP contribution in [0.15, 0.2) is 0 Å². The molecule has 0 fully saturated rings. The Hall–Kier alpha value is -0.120. The molecule has 3 heteroatoms. The molecule has 0 aromatic heterocycles. The van der Waals surface area contributed by atoms with Crippen LogP contribution in [0.25, 0.3) is 0 Å². The molecular formula is C4H9O3. The summed E-state index contributed by atoms with van der Waals surface area (Å²) < 4.78 is 0. The van der Waals surface area contributed by atoms with E-state index >= 15 is 0 Å². The third kappa shape index (κ3) is 5.88. The van der Waals surface area contributed by atoms with Crippen molar-refractivity contribution in [2.24, 2.45) is 0 Å². The lowest BCUT2D eigenvalue weighted by atomic mass is 10.3. The second kappa shape index (κ2) is 2.96. The van der Waals surface area contributed by atoms with Crippen LogP contribution in [0.4, 0.5) is 0 Å². The van der Waals surface area contributed by atoms with Crippen LogP contribution in [0.5, 0.6) is 0 Å². The minimum absolute atomic E-state index is 0.0833. The highest BCUT2D eigenvalue weighted by molar-refractivity contribution is 4.55. The fraction of sp³-hybridized carbons (Fsp3) is 0.750. The molecule has 0 aromatic carbocycles. The summed E-state index contributed by atoms with van der Waals surface area (Å²) in [5, 5.41) is 24.4.